The Bertz CT molecular complexity index is 3700. The molecule has 1 aliphatic carbocycles. The molecule has 1 aliphatic rings. The first-order chi connectivity index (χ1) is 31.2. The molecule has 0 saturated carbocycles. The SMILES string of the molecule is c1ccc(-c2nc(-c3cccc4oc5ccccc5c34)nc(-n3c4ccccc4c4ccc(-c5ccc6c(c5)C(c5ccccc5)(c5ccccc5)c5ccccc5-6)cc43)n2)cc1. The molecule has 0 fully saturated rings. The van der Waals surface area contributed by atoms with Gasteiger partial charge in [-0.3, -0.25) is 4.57 Å². The average molecular weight is 805 g/mol. The normalized spacial score (nSPS) is 12.9. The van der Waals surface area contributed by atoms with Crippen molar-refractivity contribution in [2.24, 2.45) is 0 Å². The Morgan fingerprint density at radius 3 is 1.76 bits per heavy atom. The molecule has 13 rings (SSSR count). The maximum absolute atomic E-state index is 6.34. The van der Waals surface area contributed by atoms with E-state index in [2.05, 4.69) is 174 Å². The Labute approximate surface area is 363 Å². The summed E-state index contributed by atoms with van der Waals surface area (Å²) in [6.45, 7) is 0. The molecule has 0 aliphatic heterocycles. The van der Waals surface area contributed by atoms with Crippen LogP contribution in [0.25, 0.3) is 94.7 Å². The molecule has 0 spiro atoms. The molecule has 0 atom stereocenters. The first-order valence-electron chi connectivity index (χ1n) is 21.4. The van der Waals surface area contributed by atoms with Crippen molar-refractivity contribution in [3.05, 3.63) is 241 Å². The van der Waals surface area contributed by atoms with E-state index in [9.17, 15) is 0 Å². The molecule has 294 valence electrons. The zero-order chi connectivity index (χ0) is 41.5. The zero-order valence-electron chi connectivity index (χ0n) is 34.0. The lowest BCUT2D eigenvalue weighted by molar-refractivity contribution is 0.669. The van der Waals surface area contributed by atoms with Crippen LogP contribution in [0.2, 0.25) is 0 Å². The Balaban J connectivity index is 1.05. The predicted octanol–water partition coefficient (Wildman–Crippen LogP) is 14.2. The van der Waals surface area contributed by atoms with Gasteiger partial charge >= 0.3 is 0 Å². The summed E-state index contributed by atoms with van der Waals surface area (Å²) >= 11 is 0. The summed E-state index contributed by atoms with van der Waals surface area (Å²) in [5.74, 6) is 1.72. The van der Waals surface area contributed by atoms with E-state index in [1.165, 1.54) is 33.4 Å². The highest BCUT2D eigenvalue weighted by Crippen LogP contribution is 2.56. The number of hydrogen-bond acceptors (Lipinski definition) is 4. The highest BCUT2D eigenvalue weighted by molar-refractivity contribution is 6.12. The van der Waals surface area contributed by atoms with Crippen molar-refractivity contribution in [1.29, 1.82) is 0 Å². The third-order valence-corrected chi connectivity index (χ3v) is 13.0. The largest absolute Gasteiger partial charge is 0.456 e. The van der Waals surface area contributed by atoms with Gasteiger partial charge in [-0.1, -0.05) is 188 Å². The van der Waals surface area contributed by atoms with Gasteiger partial charge in [0.25, 0.3) is 0 Å². The van der Waals surface area contributed by atoms with E-state index in [4.69, 9.17) is 19.4 Å². The van der Waals surface area contributed by atoms with Crippen molar-refractivity contribution in [2.45, 2.75) is 5.41 Å². The van der Waals surface area contributed by atoms with E-state index in [1.54, 1.807) is 0 Å². The second-order valence-electron chi connectivity index (χ2n) is 16.3. The van der Waals surface area contributed by atoms with Crippen LogP contribution >= 0.6 is 0 Å². The lowest BCUT2D eigenvalue weighted by Crippen LogP contribution is -2.28. The second kappa shape index (κ2) is 13.8. The highest BCUT2D eigenvalue weighted by atomic mass is 16.3. The summed E-state index contributed by atoms with van der Waals surface area (Å²) in [6, 6.07) is 77.6. The minimum atomic E-state index is -0.498. The van der Waals surface area contributed by atoms with Gasteiger partial charge in [-0.15, -0.1) is 0 Å². The van der Waals surface area contributed by atoms with Crippen molar-refractivity contribution in [3.63, 3.8) is 0 Å². The summed E-state index contributed by atoms with van der Waals surface area (Å²) in [5, 5.41) is 4.25. The molecule has 12 aromatic rings. The number of para-hydroxylation sites is 2. The van der Waals surface area contributed by atoms with Crippen LogP contribution in [-0.2, 0) is 5.41 Å². The summed E-state index contributed by atoms with van der Waals surface area (Å²) in [4.78, 5) is 15.8. The van der Waals surface area contributed by atoms with Crippen LogP contribution in [0.1, 0.15) is 22.3 Å². The van der Waals surface area contributed by atoms with E-state index in [1.807, 2.05) is 48.5 Å². The average Bonchev–Trinajstić information content (AvgIpc) is 4.01. The fourth-order valence-corrected chi connectivity index (χ4v) is 10.3. The Kier molecular flexibility index (Phi) is 7.75. The van der Waals surface area contributed by atoms with Gasteiger partial charge in [0, 0.05) is 32.7 Å². The molecule has 0 bridgehead atoms. The minimum Gasteiger partial charge on any atom is -0.456 e. The number of rotatable bonds is 6. The number of nitrogens with zero attached hydrogens (tertiary/aromatic N) is 4. The maximum atomic E-state index is 6.34. The van der Waals surface area contributed by atoms with Crippen LogP contribution in [0.5, 0.6) is 0 Å². The first kappa shape index (κ1) is 35.4. The molecular weight excluding hydrogens is 769 g/mol. The molecule has 5 nitrogen and oxygen atoms in total. The molecule has 0 unspecified atom stereocenters. The quantitative estimate of drug-likeness (QED) is 0.168. The van der Waals surface area contributed by atoms with Gasteiger partial charge in [0.1, 0.15) is 11.2 Å². The van der Waals surface area contributed by atoms with Crippen LogP contribution in [0.4, 0.5) is 0 Å². The van der Waals surface area contributed by atoms with Crippen molar-refractivity contribution < 1.29 is 4.42 Å². The Morgan fingerprint density at radius 2 is 0.952 bits per heavy atom. The first-order valence-corrected chi connectivity index (χ1v) is 21.4. The topological polar surface area (TPSA) is 56.7 Å². The van der Waals surface area contributed by atoms with Gasteiger partial charge in [0.2, 0.25) is 5.95 Å². The van der Waals surface area contributed by atoms with Crippen LogP contribution < -0.4 is 0 Å². The van der Waals surface area contributed by atoms with E-state index < -0.39 is 5.41 Å². The third kappa shape index (κ3) is 5.27. The van der Waals surface area contributed by atoms with Crippen LogP contribution in [0, 0.1) is 0 Å². The molecule has 3 heterocycles. The van der Waals surface area contributed by atoms with Crippen molar-refractivity contribution >= 4 is 43.7 Å². The zero-order valence-corrected chi connectivity index (χ0v) is 34.0. The Morgan fingerprint density at radius 1 is 0.365 bits per heavy atom. The number of fused-ring (bicyclic) bond motifs is 9. The third-order valence-electron chi connectivity index (χ3n) is 13.0. The predicted molar refractivity (Wildman–Crippen MR) is 255 cm³/mol. The molecule has 0 amide bonds. The van der Waals surface area contributed by atoms with Crippen molar-refractivity contribution in [2.75, 3.05) is 0 Å². The highest BCUT2D eigenvalue weighted by Gasteiger charge is 2.46. The maximum Gasteiger partial charge on any atom is 0.238 e. The molecule has 0 saturated heterocycles. The number of furan rings is 1. The van der Waals surface area contributed by atoms with E-state index in [0.29, 0.717) is 17.6 Å². The summed E-state index contributed by atoms with van der Waals surface area (Å²) in [5.41, 5.74) is 14.8. The van der Waals surface area contributed by atoms with Crippen LogP contribution in [0.3, 0.4) is 0 Å². The minimum absolute atomic E-state index is 0.498. The number of aromatic nitrogens is 4. The smallest absolute Gasteiger partial charge is 0.238 e. The van der Waals surface area contributed by atoms with Gasteiger partial charge in [-0.05, 0) is 74.8 Å². The molecular formula is C58H36N4O. The molecule has 0 N–H and O–H groups in total. The standard InChI is InChI=1S/C58H36N4O/c1-4-17-37(18-5-1)55-59-56(47-26-16-30-53-54(47)46-25-12-15-29-52(46)63-53)61-57(60-55)62-50-28-14-11-24-44(50)45-34-32-39(36-51(45)62)38-31-33-43-42-23-10-13-27-48(42)58(49(43)35-38,40-19-6-2-7-20-40)41-21-8-3-9-22-41/h1-36H. The van der Waals surface area contributed by atoms with Gasteiger partial charge in [-0.2, -0.15) is 9.97 Å². The van der Waals surface area contributed by atoms with Crippen molar-refractivity contribution in [1.82, 2.24) is 19.5 Å². The lowest BCUT2D eigenvalue weighted by atomic mass is 9.67. The monoisotopic (exact) mass is 804 g/mol. The van der Waals surface area contributed by atoms with E-state index in [0.717, 1.165) is 66.0 Å². The number of hydrogen-bond donors (Lipinski definition) is 0. The Hall–Kier alpha value is -8.41. The molecule has 9 aromatic carbocycles. The van der Waals surface area contributed by atoms with Crippen LogP contribution in [0.15, 0.2) is 223 Å². The summed E-state index contributed by atoms with van der Waals surface area (Å²) < 4.78 is 8.54. The van der Waals surface area contributed by atoms with E-state index in [-0.39, 0.29) is 0 Å². The second-order valence-corrected chi connectivity index (χ2v) is 16.3. The van der Waals surface area contributed by atoms with Crippen LogP contribution in [-0.4, -0.2) is 19.5 Å². The van der Waals surface area contributed by atoms with Gasteiger partial charge in [-0.25, -0.2) is 4.98 Å². The van der Waals surface area contributed by atoms with Gasteiger partial charge < -0.3 is 4.42 Å². The van der Waals surface area contributed by atoms with Gasteiger partial charge in [0.05, 0.1) is 16.4 Å². The van der Waals surface area contributed by atoms with Gasteiger partial charge in [0.15, 0.2) is 11.6 Å². The number of benzene rings is 9. The van der Waals surface area contributed by atoms with Crippen molar-refractivity contribution in [3.8, 4) is 51.0 Å². The molecule has 3 aromatic heterocycles. The lowest BCUT2D eigenvalue weighted by Gasteiger charge is -2.34. The fraction of sp³-hybridized carbons (Fsp3) is 0.0172. The van der Waals surface area contributed by atoms with E-state index >= 15 is 0 Å². The molecule has 63 heavy (non-hydrogen) atoms. The summed E-state index contributed by atoms with van der Waals surface area (Å²) in [6.07, 6.45) is 0. The molecule has 5 heteroatoms. The fourth-order valence-electron chi connectivity index (χ4n) is 10.3. The summed E-state index contributed by atoms with van der Waals surface area (Å²) in [7, 11) is 0. The molecule has 0 radical (unpaired) electrons.